The van der Waals surface area contributed by atoms with Crippen LogP contribution in [0.4, 0.5) is 0 Å². The Balaban J connectivity index is 1.96. The molecule has 0 bridgehead atoms. The first kappa shape index (κ1) is 10.9. The summed E-state index contributed by atoms with van der Waals surface area (Å²) in [6.45, 7) is 7.65. The van der Waals surface area contributed by atoms with E-state index in [1.54, 1.807) is 0 Å². The number of carbonyl (C=O) groups is 1. The van der Waals surface area contributed by atoms with E-state index in [2.05, 4.69) is 23.6 Å². The van der Waals surface area contributed by atoms with E-state index in [0.717, 1.165) is 32.5 Å². The van der Waals surface area contributed by atoms with Gasteiger partial charge in [0.25, 0.3) is 0 Å². The molecule has 0 aromatic heterocycles. The zero-order valence-electron chi connectivity index (χ0n) is 9.91. The van der Waals surface area contributed by atoms with Gasteiger partial charge < -0.3 is 4.90 Å². The Morgan fingerprint density at radius 3 is 3.00 bits per heavy atom. The molecule has 2 aliphatic rings. The molecule has 1 amide bonds. The van der Waals surface area contributed by atoms with Crippen molar-refractivity contribution in [3.05, 3.63) is 0 Å². The molecule has 2 saturated heterocycles. The van der Waals surface area contributed by atoms with Gasteiger partial charge in [0.1, 0.15) is 0 Å². The van der Waals surface area contributed by atoms with E-state index in [1.165, 1.54) is 12.8 Å². The van der Waals surface area contributed by atoms with Crippen molar-refractivity contribution in [1.29, 1.82) is 0 Å². The van der Waals surface area contributed by atoms with Gasteiger partial charge in [0, 0.05) is 38.1 Å². The molecule has 0 aromatic carbocycles. The van der Waals surface area contributed by atoms with E-state index in [4.69, 9.17) is 0 Å². The Bertz CT molecular complexity index is 242. The number of nitrogens with zero attached hydrogens (tertiary/aromatic N) is 2. The van der Waals surface area contributed by atoms with E-state index in [0.29, 0.717) is 18.0 Å². The molecule has 15 heavy (non-hydrogen) atoms. The van der Waals surface area contributed by atoms with Gasteiger partial charge in [0.15, 0.2) is 0 Å². The molecular formula is C12H22N2O. The highest BCUT2D eigenvalue weighted by molar-refractivity contribution is 5.77. The molecule has 3 heteroatoms. The maximum Gasteiger partial charge on any atom is 0.222 e. The minimum Gasteiger partial charge on any atom is -0.337 e. The van der Waals surface area contributed by atoms with Crippen LogP contribution in [0.1, 0.15) is 39.5 Å². The summed E-state index contributed by atoms with van der Waals surface area (Å²) in [5.41, 5.74) is 0. The summed E-state index contributed by atoms with van der Waals surface area (Å²) in [6, 6.07) is 1.18. The molecule has 0 unspecified atom stereocenters. The monoisotopic (exact) mass is 210 g/mol. The standard InChI is InChI=1S/C12H22N2O/c1-3-10(2)13-7-8-14-11(9-13)5-4-6-12(14)15/h10-11H,3-9H2,1-2H3/t10-,11+/m0/s1. The summed E-state index contributed by atoms with van der Waals surface area (Å²) < 4.78 is 0. The zero-order valence-corrected chi connectivity index (χ0v) is 9.91. The van der Waals surface area contributed by atoms with Crippen molar-refractivity contribution >= 4 is 5.91 Å². The SMILES string of the molecule is CC[C@H](C)N1CCN2C(=O)CCC[C@@H]2C1. The lowest BCUT2D eigenvalue weighted by atomic mass is 9.98. The number of amides is 1. The third-order valence-corrected chi connectivity index (χ3v) is 3.98. The van der Waals surface area contributed by atoms with Gasteiger partial charge in [-0.15, -0.1) is 0 Å². The number of rotatable bonds is 2. The van der Waals surface area contributed by atoms with Gasteiger partial charge in [-0.1, -0.05) is 6.92 Å². The fraction of sp³-hybridized carbons (Fsp3) is 0.917. The van der Waals surface area contributed by atoms with Gasteiger partial charge >= 0.3 is 0 Å². The Labute approximate surface area is 92.4 Å². The van der Waals surface area contributed by atoms with E-state index in [-0.39, 0.29) is 0 Å². The molecule has 2 fully saturated rings. The number of hydrogen-bond acceptors (Lipinski definition) is 2. The van der Waals surface area contributed by atoms with E-state index in [9.17, 15) is 4.79 Å². The lowest BCUT2D eigenvalue weighted by Crippen LogP contribution is -2.58. The summed E-state index contributed by atoms with van der Waals surface area (Å²) in [5.74, 6) is 0.384. The van der Waals surface area contributed by atoms with E-state index < -0.39 is 0 Å². The third kappa shape index (κ3) is 2.17. The highest BCUT2D eigenvalue weighted by Gasteiger charge is 2.33. The predicted octanol–water partition coefficient (Wildman–Crippen LogP) is 1.48. The minimum absolute atomic E-state index is 0.384. The van der Waals surface area contributed by atoms with Crippen LogP contribution in [0, 0.1) is 0 Å². The van der Waals surface area contributed by atoms with Crippen LogP contribution in [0.3, 0.4) is 0 Å². The average Bonchev–Trinajstić information content (AvgIpc) is 2.28. The fourth-order valence-electron chi connectivity index (χ4n) is 2.75. The van der Waals surface area contributed by atoms with Crippen molar-refractivity contribution < 1.29 is 4.79 Å². The molecule has 0 N–H and O–H groups in total. The van der Waals surface area contributed by atoms with Gasteiger partial charge in [-0.25, -0.2) is 0 Å². The van der Waals surface area contributed by atoms with Crippen LogP contribution in [0.2, 0.25) is 0 Å². The first-order valence-electron chi connectivity index (χ1n) is 6.26. The minimum atomic E-state index is 0.384. The molecule has 0 aliphatic carbocycles. The first-order valence-corrected chi connectivity index (χ1v) is 6.26. The van der Waals surface area contributed by atoms with Crippen LogP contribution in [-0.4, -0.2) is 47.4 Å². The fourth-order valence-corrected chi connectivity index (χ4v) is 2.75. The second-order valence-corrected chi connectivity index (χ2v) is 4.89. The van der Waals surface area contributed by atoms with Gasteiger partial charge in [-0.05, 0) is 26.2 Å². The molecule has 0 aromatic rings. The van der Waals surface area contributed by atoms with E-state index in [1.807, 2.05) is 0 Å². The summed E-state index contributed by atoms with van der Waals surface area (Å²) in [6.07, 6.45) is 4.29. The molecule has 3 nitrogen and oxygen atoms in total. The molecule has 0 spiro atoms. The molecule has 86 valence electrons. The van der Waals surface area contributed by atoms with Crippen molar-refractivity contribution in [3.63, 3.8) is 0 Å². The maximum atomic E-state index is 11.7. The zero-order chi connectivity index (χ0) is 10.8. The number of piperidine rings is 1. The molecule has 2 rings (SSSR count). The van der Waals surface area contributed by atoms with Crippen LogP contribution in [0.15, 0.2) is 0 Å². The quantitative estimate of drug-likeness (QED) is 0.689. The Morgan fingerprint density at radius 1 is 1.47 bits per heavy atom. The Morgan fingerprint density at radius 2 is 2.27 bits per heavy atom. The van der Waals surface area contributed by atoms with Crippen LogP contribution in [0.5, 0.6) is 0 Å². The molecule has 2 atom stereocenters. The molecule has 2 heterocycles. The van der Waals surface area contributed by atoms with E-state index >= 15 is 0 Å². The van der Waals surface area contributed by atoms with Crippen LogP contribution < -0.4 is 0 Å². The number of piperazine rings is 1. The van der Waals surface area contributed by atoms with Gasteiger partial charge in [-0.3, -0.25) is 9.69 Å². The lowest BCUT2D eigenvalue weighted by Gasteiger charge is -2.45. The lowest BCUT2D eigenvalue weighted by molar-refractivity contribution is -0.140. The topological polar surface area (TPSA) is 23.6 Å². The molecule has 2 aliphatic heterocycles. The highest BCUT2D eigenvalue weighted by atomic mass is 16.2. The van der Waals surface area contributed by atoms with Crippen molar-refractivity contribution in [2.45, 2.75) is 51.6 Å². The van der Waals surface area contributed by atoms with Crippen molar-refractivity contribution in [3.8, 4) is 0 Å². The Hall–Kier alpha value is -0.570. The first-order chi connectivity index (χ1) is 7.22. The van der Waals surface area contributed by atoms with Crippen LogP contribution >= 0.6 is 0 Å². The molecule has 0 radical (unpaired) electrons. The van der Waals surface area contributed by atoms with Gasteiger partial charge in [0.2, 0.25) is 5.91 Å². The van der Waals surface area contributed by atoms with Crippen LogP contribution in [0.25, 0.3) is 0 Å². The van der Waals surface area contributed by atoms with Crippen molar-refractivity contribution in [2.75, 3.05) is 19.6 Å². The summed E-state index contributed by atoms with van der Waals surface area (Å²) in [4.78, 5) is 16.3. The van der Waals surface area contributed by atoms with Crippen molar-refractivity contribution in [1.82, 2.24) is 9.80 Å². The number of hydrogen-bond donors (Lipinski definition) is 0. The number of fused-ring (bicyclic) bond motifs is 1. The normalized spacial score (nSPS) is 30.1. The smallest absolute Gasteiger partial charge is 0.222 e. The number of carbonyl (C=O) groups excluding carboxylic acids is 1. The summed E-state index contributed by atoms with van der Waals surface area (Å²) in [5, 5.41) is 0. The summed E-state index contributed by atoms with van der Waals surface area (Å²) in [7, 11) is 0. The van der Waals surface area contributed by atoms with Gasteiger partial charge in [0.05, 0.1) is 0 Å². The second-order valence-electron chi connectivity index (χ2n) is 4.89. The largest absolute Gasteiger partial charge is 0.337 e. The van der Waals surface area contributed by atoms with Crippen molar-refractivity contribution in [2.24, 2.45) is 0 Å². The average molecular weight is 210 g/mol. The second kappa shape index (κ2) is 4.52. The Kier molecular flexibility index (Phi) is 3.29. The molecule has 0 saturated carbocycles. The third-order valence-electron chi connectivity index (χ3n) is 3.98. The van der Waals surface area contributed by atoms with Gasteiger partial charge in [-0.2, -0.15) is 0 Å². The summed E-state index contributed by atoms with van der Waals surface area (Å²) >= 11 is 0. The maximum absolute atomic E-state index is 11.7. The highest BCUT2D eigenvalue weighted by Crippen LogP contribution is 2.23. The van der Waals surface area contributed by atoms with Crippen LogP contribution in [-0.2, 0) is 4.79 Å². The predicted molar refractivity (Wildman–Crippen MR) is 60.7 cm³/mol. The molecular weight excluding hydrogens is 188 g/mol.